The van der Waals surface area contributed by atoms with E-state index in [-0.39, 0.29) is 11.9 Å². The van der Waals surface area contributed by atoms with Gasteiger partial charge in [0, 0.05) is 11.0 Å². The number of rotatable bonds is 3. The number of carbonyl (C=O) groups is 1. The zero-order chi connectivity index (χ0) is 12.4. The Balaban J connectivity index is 2.24. The van der Waals surface area contributed by atoms with Gasteiger partial charge in [-0.25, -0.2) is 0 Å². The van der Waals surface area contributed by atoms with Gasteiger partial charge in [0.05, 0.1) is 16.8 Å². The number of nitrogens with one attached hydrogen (secondary N) is 1. The predicted octanol–water partition coefficient (Wildman–Crippen LogP) is 2.82. The Labute approximate surface area is 114 Å². The molecule has 3 nitrogen and oxygen atoms in total. The molecule has 1 aromatic carbocycles. The molecule has 1 N–H and O–H groups in total. The number of hydrogen-bond donors (Lipinski definition) is 1. The van der Waals surface area contributed by atoms with Crippen molar-refractivity contribution in [2.45, 2.75) is 19.4 Å². The highest BCUT2D eigenvalue weighted by atomic mass is 79.9. The highest BCUT2D eigenvalue weighted by Crippen LogP contribution is 2.31. The van der Waals surface area contributed by atoms with E-state index in [2.05, 4.69) is 21.2 Å². The lowest BCUT2D eigenvalue weighted by Crippen LogP contribution is -2.38. The third-order valence-electron chi connectivity index (χ3n) is 2.86. The number of halogens is 2. The minimum absolute atomic E-state index is 0.0740. The molecule has 0 spiro atoms. The van der Waals surface area contributed by atoms with E-state index in [1.165, 1.54) is 0 Å². The molecule has 1 aromatic rings. The lowest BCUT2D eigenvalue weighted by Gasteiger charge is -2.18. The summed E-state index contributed by atoms with van der Waals surface area (Å²) < 4.78 is 0.927. The third-order valence-corrected chi connectivity index (χ3v) is 3.67. The van der Waals surface area contributed by atoms with Crippen LogP contribution in [0.3, 0.4) is 0 Å². The Morgan fingerprint density at radius 2 is 2.35 bits per heavy atom. The molecule has 5 heteroatoms. The second-order valence-electron chi connectivity index (χ2n) is 3.98. The van der Waals surface area contributed by atoms with Crippen LogP contribution in [0.1, 0.15) is 13.3 Å². The molecule has 1 unspecified atom stereocenters. The SMILES string of the molecule is CCNC1CCN(c2cc(Br)ccc2Cl)C1=O. The van der Waals surface area contributed by atoms with Crippen LogP contribution in [0.4, 0.5) is 5.69 Å². The molecular formula is C12H14BrClN2O. The van der Waals surface area contributed by atoms with Crippen molar-refractivity contribution in [1.82, 2.24) is 5.32 Å². The zero-order valence-corrected chi connectivity index (χ0v) is 11.9. The zero-order valence-electron chi connectivity index (χ0n) is 9.54. The van der Waals surface area contributed by atoms with E-state index >= 15 is 0 Å². The topological polar surface area (TPSA) is 32.3 Å². The maximum Gasteiger partial charge on any atom is 0.244 e. The molecular weight excluding hydrogens is 304 g/mol. The van der Waals surface area contributed by atoms with Crippen LogP contribution in [-0.2, 0) is 4.79 Å². The van der Waals surface area contributed by atoms with Crippen molar-refractivity contribution in [1.29, 1.82) is 0 Å². The molecule has 1 amide bonds. The van der Waals surface area contributed by atoms with E-state index in [9.17, 15) is 4.79 Å². The Morgan fingerprint density at radius 3 is 3.06 bits per heavy atom. The molecule has 0 aromatic heterocycles. The number of nitrogens with zero attached hydrogens (tertiary/aromatic N) is 1. The van der Waals surface area contributed by atoms with Crippen LogP contribution in [0.15, 0.2) is 22.7 Å². The number of likely N-dealkylation sites (N-methyl/N-ethyl adjacent to an activating group) is 1. The lowest BCUT2D eigenvalue weighted by molar-refractivity contribution is -0.118. The van der Waals surface area contributed by atoms with Gasteiger partial charge in [-0.3, -0.25) is 4.79 Å². The first kappa shape index (κ1) is 12.9. The number of benzene rings is 1. The summed E-state index contributed by atoms with van der Waals surface area (Å²) in [6, 6.07) is 5.48. The van der Waals surface area contributed by atoms with Gasteiger partial charge in [-0.2, -0.15) is 0 Å². The normalized spacial score (nSPS) is 20.1. The second-order valence-corrected chi connectivity index (χ2v) is 5.31. The number of hydrogen-bond acceptors (Lipinski definition) is 2. The molecule has 0 radical (unpaired) electrons. The molecule has 92 valence electrons. The first-order chi connectivity index (χ1) is 8.13. The van der Waals surface area contributed by atoms with Gasteiger partial charge in [0.25, 0.3) is 0 Å². The Bertz CT molecular complexity index is 439. The second kappa shape index (κ2) is 5.38. The first-order valence-corrected chi connectivity index (χ1v) is 6.80. The summed E-state index contributed by atoms with van der Waals surface area (Å²) >= 11 is 9.53. The predicted molar refractivity (Wildman–Crippen MR) is 73.6 cm³/mol. The molecule has 1 aliphatic heterocycles. The van der Waals surface area contributed by atoms with E-state index in [0.29, 0.717) is 11.6 Å². The molecule has 1 heterocycles. The maximum absolute atomic E-state index is 12.1. The van der Waals surface area contributed by atoms with Crippen molar-refractivity contribution in [2.24, 2.45) is 0 Å². The standard InChI is InChI=1S/C12H14BrClN2O/c1-2-15-10-5-6-16(12(10)17)11-7-8(13)3-4-9(11)14/h3-4,7,10,15H,2,5-6H2,1H3. The highest BCUT2D eigenvalue weighted by Gasteiger charge is 2.32. The summed E-state index contributed by atoms with van der Waals surface area (Å²) in [6.45, 7) is 3.52. The first-order valence-electron chi connectivity index (χ1n) is 5.63. The lowest BCUT2D eigenvalue weighted by atomic mass is 10.2. The fraction of sp³-hybridized carbons (Fsp3) is 0.417. The molecule has 1 saturated heterocycles. The Hall–Kier alpha value is -0.580. The smallest absolute Gasteiger partial charge is 0.244 e. The van der Waals surface area contributed by atoms with Crippen molar-refractivity contribution < 1.29 is 4.79 Å². The summed E-state index contributed by atoms with van der Waals surface area (Å²) in [5.74, 6) is 0.104. The van der Waals surface area contributed by atoms with Crippen molar-refractivity contribution in [2.75, 3.05) is 18.0 Å². The van der Waals surface area contributed by atoms with Gasteiger partial charge in [-0.15, -0.1) is 0 Å². The average Bonchev–Trinajstić information content (AvgIpc) is 2.65. The Kier molecular flexibility index (Phi) is 4.07. The van der Waals surface area contributed by atoms with Gasteiger partial charge in [-0.1, -0.05) is 34.5 Å². The van der Waals surface area contributed by atoms with Gasteiger partial charge in [-0.05, 0) is 31.2 Å². The van der Waals surface area contributed by atoms with Gasteiger partial charge >= 0.3 is 0 Å². The van der Waals surface area contributed by atoms with Crippen molar-refractivity contribution >= 4 is 39.1 Å². The summed E-state index contributed by atoms with van der Waals surface area (Å²) in [6.07, 6.45) is 0.829. The van der Waals surface area contributed by atoms with Crippen LogP contribution in [0.2, 0.25) is 5.02 Å². The maximum atomic E-state index is 12.1. The molecule has 2 rings (SSSR count). The molecule has 0 bridgehead atoms. The number of amides is 1. The number of anilines is 1. The largest absolute Gasteiger partial charge is 0.309 e. The van der Waals surface area contributed by atoms with E-state index < -0.39 is 0 Å². The van der Waals surface area contributed by atoms with Crippen LogP contribution in [0.25, 0.3) is 0 Å². The third kappa shape index (κ3) is 2.64. The molecule has 0 saturated carbocycles. The summed E-state index contributed by atoms with van der Waals surface area (Å²) in [7, 11) is 0. The van der Waals surface area contributed by atoms with Crippen LogP contribution >= 0.6 is 27.5 Å². The van der Waals surface area contributed by atoms with Crippen LogP contribution in [-0.4, -0.2) is 25.0 Å². The Morgan fingerprint density at radius 1 is 1.59 bits per heavy atom. The van der Waals surface area contributed by atoms with E-state index in [1.807, 2.05) is 19.1 Å². The van der Waals surface area contributed by atoms with Crippen molar-refractivity contribution in [3.8, 4) is 0 Å². The van der Waals surface area contributed by atoms with Gasteiger partial charge in [0.1, 0.15) is 0 Å². The van der Waals surface area contributed by atoms with Gasteiger partial charge in [0.15, 0.2) is 0 Å². The quantitative estimate of drug-likeness (QED) is 0.930. The minimum atomic E-state index is -0.0740. The summed E-state index contributed by atoms with van der Waals surface area (Å²) in [5, 5.41) is 3.79. The molecule has 1 aliphatic rings. The molecule has 17 heavy (non-hydrogen) atoms. The van der Waals surface area contributed by atoms with Crippen LogP contribution in [0.5, 0.6) is 0 Å². The highest BCUT2D eigenvalue weighted by molar-refractivity contribution is 9.10. The van der Waals surface area contributed by atoms with Crippen LogP contribution in [0, 0.1) is 0 Å². The molecule has 1 atom stereocenters. The molecule has 0 aliphatic carbocycles. The van der Waals surface area contributed by atoms with E-state index in [1.54, 1.807) is 11.0 Å². The van der Waals surface area contributed by atoms with Crippen molar-refractivity contribution in [3.05, 3.63) is 27.7 Å². The number of carbonyl (C=O) groups excluding carboxylic acids is 1. The summed E-state index contributed by atoms with van der Waals surface area (Å²) in [5.41, 5.74) is 0.784. The van der Waals surface area contributed by atoms with Gasteiger partial charge in [0.2, 0.25) is 5.91 Å². The fourth-order valence-corrected chi connectivity index (χ4v) is 2.62. The van der Waals surface area contributed by atoms with E-state index in [4.69, 9.17) is 11.6 Å². The van der Waals surface area contributed by atoms with Crippen LogP contribution < -0.4 is 10.2 Å². The molecule has 1 fully saturated rings. The fourth-order valence-electron chi connectivity index (χ4n) is 2.05. The summed E-state index contributed by atoms with van der Waals surface area (Å²) in [4.78, 5) is 13.9. The van der Waals surface area contributed by atoms with Crippen molar-refractivity contribution in [3.63, 3.8) is 0 Å². The average molecular weight is 318 g/mol. The minimum Gasteiger partial charge on any atom is -0.309 e. The van der Waals surface area contributed by atoms with E-state index in [0.717, 1.165) is 23.1 Å². The van der Waals surface area contributed by atoms with Gasteiger partial charge < -0.3 is 10.2 Å². The monoisotopic (exact) mass is 316 g/mol.